The fraction of sp³-hybridized carbons (Fsp3) is 0.467. The molecule has 1 aromatic rings. The van der Waals surface area contributed by atoms with Gasteiger partial charge in [-0.3, -0.25) is 9.69 Å². The van der Waals surface area contributed by atoms with E-state index >= 15 is 0 Å². The monoisotopic (exact) mass is 346 g/mol. The number of hydrogen-bond acceptors (Lipinski definition) is 4. The number of nitrogens with one attached hydrogen (secondary N) is 1. The molecule has 2 rings (SSSR count). The zero-order valence-electron chi connectivity index (χ0n) is 13.3. The predicted molar refractivity (Wildman–Crippen MR) is 78.0 cm³/mol. The van der Waals surface area contributed by atoms with E-state index in [1.165, 1.54) is 26.8 Å². The summed E-state index contributed by atoms with van der Waals surface area (Å²) in [6, 6.07) is 4.10. The van der Waals surface area contributed by atoms with Crippen molar-refractivity contribution in [2.75, 3.05) is 11.9 Å². The third-order valence-electron chi connectivity index (χ3n) is 4.00. The van der Waals surface area contributed by atoms with Gasteiger partial charge in [-0.05, 0) is 39.0 Å². The first-order chi connectivity index (χ1) is 10.8. The predicted octanol–water partition coefficient (Wildman–Crippen LogP) is 2.58. The Morgan fingerprint density at radius 1 is 1.33 bits per heavy atom. The molecule has 0 radical (unpaired) electrons. The number of halogens is 3. The van der Waals surface area contributed by atoms with E-state index in [-0.39, 0.29) is 5.69 Å². The Hall–Kier alpha value is -2.29. The van der Waals surface area contributed by atoms with Crippen LogP contribution >= 0.6 is 0 Å². The summed E-state index contributed by atoms with van der Waals surface area (Å²) in [6.07, 6.45) is -5.42. The second-order valence-electron chi connectivity index (χ2n) is 6.11. The Balaban J connectivity index is 2.11. The van der Waals surface area contributed by atoms with E-state index in [4.69, 9.17) is 4.74 Å². The number of alkyl halides is 3. The fourth-order valence-electron chi connectivity index (χ4n) is 2.21. The minimum atomic E-state index is -4.53. The molecule has 0 aliphatic carbocycles. The first kappa shape index (κ1) is 18.1. The average molecular weight is 346 g/mol. The normalized spacial score (nSPS) is 23.1. The highest BCUT2D eigenvalue weighted by molar-refractivity contribution is 5.94. The first-order valence-electron chi connectivity index (χ1n) is 7.05. The van der Waals surface area contributed by atoms with Gasteiger partial charge in [0, 0.05) is 5.69 Å². The molecule has 6 nitrogen and oxygen atoms in total. The van der Waals surface area contributed by atoms with E-state index in [2.05, 4.69) is 5.32 Å². The van der Waals surface area contributed by atoms with Crippen LogP contribution in [0, 0.1) is 0 Å². The molecule has 1 saturated heterocycles. The fourth-order valence-corrected chi connectivity index (χ4v) is 2.21. The maximum Gasteiger partial charge on any atom is 0.416 e. The van der Waals surface area contributed by atoms with Gasteiger partial charge in [-0.25, -0.2) is 4.79 Å². The Labute approximate surface area is 136 Å². The Bertz CT molecular complexity index is 671. The van der Waals surface area contributed by atoms with E-state index in [9.17, 15) is 27.9 Å². The van der Waals surface area contributed by atoms with Crippen LogP contribution in [0.25, 0.3) is 0 Å². The molecular weight excluding hydrogens is 329 g/mol. The number of carbonyl (C=O) groups is 2. The van der Waals surface area contributed by atoms with Crippen molar-refractivity contribution in [1.82, 2.24) is 4.90 Å². The topological polar surface area (TPSA) is 78.9 Å². The zero-order valence-corrected chi connectivity index (χ0v) is 13.3. The number of ether oxygens (including phenoxy) is 1. The third-order valence-corrected chi connectivity index (χ3v) is 4.00. The summed E-state index contributed by atoms with van der Waals surface area (Å²) >= 11 is 0. The summed E-state index contributed by atoms with van der Waals surface area (Å²) in [4.78, 5) is 24.6. The molecule has 0 spiro atoms. The van der Waals surface area contributed by atoms with Gasteiger partial charge in [0.2, 0.25) is 5.91 Å². The lowest BCUT2D eigenvalue weighted by atomic mass is 9.96. The minimum absolute atomic E-state index is 0.0682. The van der Waals surface area contributed by atoms with Crippen molar-refractivity contribution >= 4 is 17.7 Å². The molecule has 132 valence electrons. The average Bonchev–Trinajstić information content (AvgIpc) is 2.57. The van der Waals surface area contributed by atoms with E-state index in [0.717, 1.165) is 23.1 Å². The molecule has 1 atom stereocenters. The lowest BCUT2D eigenvalue weighted by molar-refractivity contribution is -0.138. The highest BCUT2D eigenvalue weighted by Crippen LogP contribution is 2.36. The van der Waals surface area contributed by atoms with Gasteiger partial charge >= 0.3 is 12.3 Å². The van der Waals surface area contributed by atoms with Crippen molar-refractivity contribution < 1.29 is 32.6 Å². The highest BCUT2D eigenvalue weighted by atomic mass is 19.4. The molecule has 0 saturated carbocycles. The van der Waals surface area contributed by atoms with Crippen molar-refractivity contribution in [2.45, 2.75) is 38.3 Å². The minimum Gasteiger partial charge on any atom is -0.438 e. The third kappa shape index (κ3) is 3.30. The molecule has 1 fully saturated rings. The summed E-state index contributed by atoms with van der Waals surface area (Å²) < 4.78 is 43.0. The number of benzene rings is 1. The molecule has 1 aromatic carbocycles. The Morgan fingerprint density at radius 2 is 1.96 bits per heavy atom. The molecular formula is C15H17F3N2O4. The van der Waals surface area contributed by atoms with Crippen LogP contribution in [0.4, 0.5) is 23.7 Å². The first-order valence-corrected chi connectivity index (χ1v) is 7.05. The van der Waals surface area contributed by atoms with Gasteiger partial charge in [-0.2, -0.15) is 13.2 Å². The molecule has 9 heteroatoms. The number of rotatable bonds is 3. The molecule has 2 amide bonds. The van der Waals surface area contributed by atoms with Crippen LogP contribution < -0.4 is 5.32 Å². The molecule has 2 N–H and O–H groups in total. The van der Waals surface area contributed by atoms with Crippen molar-refractivity contribution in [3.63, 3.8) is 0 Å². The number of aliphatic hydroxyl groups is 1. The second kappa shape index (κ2) is 5.66. The maximum absolute atomic E-state index is 12.7. The van der Waals surface area contributed by atoms with Gasteiger partial charge in [0.05, 0.1) is 5.56 Å². The van der Waals surface area contributed by atoms with Gasteiger partial charge in [-0.1, -0.05) is 6.07 Å². The van der Waals surface area contributed by atoms with Gasteiger partial charge in [0.15, 0.2) is 11.3 Å². The van der Waals surface area contributed by atoms with Crippen LogP contribution in [0.5, 0.6) is 0 Å². The van der Waals surface area contributed by atoms with Gasteiger partial charge in [0.25, 0.3) is 0 Å². The summed E-state index contributed by atoms with van der Waals surface area (Å²) in [5, 5.41) is 12.6. The van der Waals surface area contributed by atoms with Crippen LogP contribution in [0.3, 0.4) is 0 Å². The van der Waals surface area contributed by atoms with Crippen LogP contribution in [-0.4, -0.2) is 39.9 Å². The number of carbonyl (C=O) groups excluding carboxylic acids is 2. The second-order valence-corrected chi connectivity index (χ2v) is 6.11. The quantitative estimate of drug-likeness (QED) is 0.882. The molecule has 0 aromatic heterocycles. The summed E-state index contributed by atoms with van der Waals surface area (Å²) in [6.45, 7) is 3.71. The van der Waals surface area contributed by atoms with Gasteiger partial charge < -0.3 is 15.2 Å². The van der Waals surface area contributed by atoms with Gasteiger partial charge in [-0.15, -0.1) is 0 Å². The number of amides is 2. The van der Waals surface area contributed by atoms with Crippen LogP contribution in [0.1, 0.15) is 26.3 Å². The Kier molecular flexibility index (Phi) is 4.26. The molecule has 24 heavy (non-hydrogen) atoms. The molecule has 1 heterocycles. The molecule has 0 unspecified atom stereocenters. The van der Waals surface area contributed by atoms with Crippen LogP contribution in [-0.2, 0) is 15.7 Å². The van der Waals surface area contributed by atoms with E-state index < -0.39 is 41.6 Å². The van der Waals surface area contributed by atoms with Crippen molar-refractivity contribution in [2.24, 2.45) is 0 Å². The lowest BCUT2D eigenvalue weighted by Gasteiger charge is -2.34. The SMILES string of the molecule is CC1(C)OC(=O)N(CC(=O)Nc2cccc(C(F)(F)F)c2)[C@@]1(C)O. The van der Waals surface area contributed by atoms with E-state index in [0.29, 0.717) is 0 Å². The smallest absolute Gasteiger partial charge is 0.416 e. The summed E-state index contributed by atoms with van der Waals surface area (Å²) in [5.41, 5.74) is -3.95. The maximum atomic E-state index is 12.7. The zero-order chi connectivity index (χ0) is 18.3. The molecule has 1 aliphatic heterocycles. The molecule has 1 aliphatic rings. The van der Waals surface area contributed by atoms with Crippen molar-refractivity contribution in [3.8, 4) is 0 Å². The van der Waals surface area contributed by atoms with Gasteiger partial charge in [0.1, 0.15) is 6.54 Å². The number of nitrogens with zero attached hydrogens (tertiary/aromatic N) is 1. The van der Waals surface area contributed by atoms with E-state index in [1.54, 1.807) is 0 Å². The van der Waals surface area contributed by atoms with Crippen LogP contribution in [0.2, 0.25) is 0 Å². The largest absolute Gasteiger partial charge is 0.438 e. The van der Waals surface area contributed by atoms with Crippen molar-refractivity contribution in [3.05, 3.63) is 29.8 Å². The van der Waals surface area contributed by atoms with Crippen molar-refractivity contribution in [1.29, 1.82) is 0 Å². The summed E-state index contributed by atoms with van der Waals surface area (Å²) in [7, 11) is 0. The van der Waals surface area contributed by atoms with E-state index in [1.807, 2.05) is 0 Å². The lowest BCUT2D eigenvalue weighted by Crippen LogP contribution is -2.55. The number of hydrogen-bond donors (Lipinski definition) is 2. The van der Waals surface area contributed by atoms with Crippen LogP contribution in [0.15, 0.2) is 24.3 Å². The standard InChI is InChI=1S/C15H17F3N2O4/c1-13(2)14(3,23)20(12(22)24-13)8-11(21)19-10-6-4-5-9(7-10)15(16,17)18/h4-7,23H,8H2,1-3H3,(H,19,21)/t14-/m0/s1. The summed E-state index contributed by atoms with van der Waals surface area (Å²) in [5.74, 6) is -0.760. The molecule has 0 bridgehead atoms. The number of cyclic esters (lactones) is 1. The highest BCUT2D eigenvalue weighted by Gasteiger charge is 2.56. The number of anilines is 1. The Morgan fingerprint density at radius 3 is 2.46 bits per heavy atom.